The van der Waals surface area contributed by atoms with E-state index in [1.807, 2.05) is 6.92 Å². The molecule has 2 saturated carbocycles. The van der Waals surface area contributed by atoms with Crippen molar-refractivity contribution in [1.29, 1.82) is 0 Å². The Balaban J connectivity index is 1.31. The lowest BCUT2D eigenvalue weighted by Gasteiger charge is -2.39. The zero-order valence-corrected chi connectivity index (χ0v) is 21.9. The molecular weight excluding hydrogens is 551 g/mol. The molecular formula is C29H31F9O2. The standard InChI is InChI=1S/C29H31F9O2/c1-2-11-39-20-12-22(30)26(23(31)13-20)18-5-3-16(4-6-18)17-7-9-19(10-8-17)29(37,38)40-21-14-24(32)27(25(33)15-21)28(34,35)36/h12-19H,2-11H2,1H3. The van der Waals surface area contributed by atoms with E-state index in [9.17, 15) is 39.5 Å². The Morgan fingerprint density at radius 3 is 1.62 bits per heavy atom. The van der Waals surface area contributed by atoms with Gasteiger partial charge in [0, 0.05) is 29.8 Å². The van der Waals surface area contributed by atoms with Crippen LogP contribution in [0, 0.1) is 41.0 Å². The summed E-state index contributed by atoms with van der Waals surface area (Å²) in [5.74, 6) is -7.40. The van der Waals surface area contributed by atoms with Crippen molar-refractivity contribution in [3.63, 3.8) is 0 Å². The first-order valence-corrected chi connectivity index (χ1v) is 13.5. The van der Waals surface area contributed by atoms with E-state index in [1.165, 1.54) is 12.1 Å². The van der Waals surface area contributed by atoms with Crippen LogP contribution in [0.3, 0.4) is 0 Å². The van der Waals surface area contributed by atoms with Gasteiger partial charge in [-0.15, -0.1) is 0 Å². The second-order valence-corrected chi connectivity index (χ2v) is 10.8. The summed E-state index contributed by atoms with van der Waals surface area (Å²) >= 11 is 0. The molecule has 2 aliphatic rings. The van der Waals surface area contributed by atoms with E-state index in [1.54, 1.807) is 0 Å². The lowest BCUT2D eigenvalue weighted by molar-refractivity contribution is -0.224. The maximum absolute atomic E-state index is 14.8. The highest BCUT2D eigenvalue weighted by molar-refractivity contribution is 5.34. The largest absolute Gasteiger partial charge is 0.493 e. The fraction of sp³-hybridized carbons (Fsp3) is 0.586. The van der Waals surface area contributed by atoms with Crippen LogP contribution in [0.5, 0.6) is 11.5 Å². The predicted octanol–water partition coefficient (Wildman–Crippen LogP) is 9.80. The molecule has 222 valence electrons. The minimum absolute atomic E-state index is 0.0546. The average Bonchev–Trinajstić information content (AvgIpc) is 2.86. The molecule has 0 N–H and O–H groups in total. The Morgan fingerprint density at radius 2 is 1.15 bits per heavy atom. The van der Waals surface area contributed by atoms with Crippen LogP contribution in [0.15, 0.2) is 24.3 Å². The van der Waals surface area contributed by atoms with Crippen LogP contribution in [-0.2, 0) is 6.18 Å². The molecule has 0 heterocycles. The van der Waals surface area contributed by atoms with Crippen LogP contribution in [0.4, 0.5) is 39.5 Å². The van der Waals surface area contributed by atoms with E-state index < -0.39 is 52.8 Å². The van der Waals surface area contributed by atoms with Crippen LogP contribution in [0.25, 0.3) is 0 Å². The topological polar surface area (TPSA) is 18.5 Å². The normalized spacial score (nSPS) is 24.1. The van der Waals surface area contributed by atoms with Crippen molar-refractivity contribution >= 4 is 0 Å². The Hall–Kier alpha value is -2.59. The van der Waals surface area contributed by atoms with Gasteiger partial charge in [-0.2, -0.15) is 22.0 Å². The maximum Gasteiger partial charge on any atom is 0.422 e. The quantitative estimate of drug-likeness (QED) is 0.289. The molecule has 2 aromatic rings. The van der Waals surface area contributed by atoms with Gasteiger partial charge in [-0.3, -0.25) is 0 Å². The highest BCUT2D eigenvalue weighted by atomic mass is 19.4. The Kier molecular flexibility index (Phi) is 9.19. The van der Waals surface area contributed by atoms with E-state index in [2.05, 4.69) is 4.74 Å². The van der Waals surface area contributed by atoms with Crippen molar-refractivity contribution in [3.8, 4) is 11.5 Å². The van der Waals surface area contributed by atoms with Crippen molar-refractivity contribution in [2.75, 3.05) is 6.61 Å². The van der Waals surface area contributed by atoms with Crippen LogP contribution in [0.2, 0.25) is 0 Å². The van der Waals surface area contributed by atoms with Gasteiger partial charge in [-0.1, -0.05) is 6.92 Å². The maximum atomic E-state index is 14.8. The molecule has 0 saturated heterocycles. The molecule has 11 heteroatoms. The SMILES string of the molecule is CCCOc1cc(F)c(C2CCC(C3CCC(C(F)(F)Oc4cc(F)c(C(F)(F)F)c(F)c4)CC3)CC2)c(F)c1. The van der Waals surface area contributed by atoms with Crippen LogP contribution in [0.1, 0.15) is 81.8 Å². The molecule has 0 aromatic heterocycles. The minimum Gasteiger partial charge on any atom is -0.493 e. The number of alkyl halides is 5. The Bertz CT molecular complexity index is 1120. The first-order chi connectivity index (χ1) is 18.8. The molecule has 2 aromatic carbocycles. The van der Waals surface area contributed by atoms with Gasteiger partial charge < -0.3 is 9.47 Å². The van der Waals surface area contributed by atoms with E-state index in [4.69, 9.17) is 4.74 Å². The third-order valence-corrected chi connectivity index (χ3v) is 8.17. The van der Waals surface area contributed by atoms with Crippen molar-refractivity contribution in [3.05, 3.63) is 58.7 Å². The third kappa shape index (κ3) is 6.82. The fourth-order valence-corrected chi connectivity index (χ4v) is 6.18. The molecule has 0 atom stereocenters. The van der Waals surface area contributed by atoms with E-state index in [0.717, 1.165) is 0 Å². The van der Waals surface area contributed by atoms with E-state index >= 15 is 0 Å². The van der Waals surface area contributed by atoms with Gasteiger partial charge in [-0.05, 0) is 75.5 Å². The molecule has 0 amide bonds. The number of hydrogen-bond acceptors (Lipinski definition) is 2. The van der Waals surface area contributed by atoms with Crippen LogP contribution in [-0.4, -0.2) is 12.7 Å². The monoisotopic (exact) mass is 582 g/mol. The van der Waals surface area contributed by atoms with Gasteiger partial charge in [0.15, 0.2) is 0 Å². The number of benzene rings is 2. The summed E-state index contributed by atoms with van der Waals surface area (Å²) in [6.45, 7) is 2.25. The smallest absolute Gasteiger partial charge is 0.422 e. The van der Waals surface area contributed by atoms with Crippen molar-refractivity contribution in [1.82, 2.24) is 0 Å². The molecule has 2 fully saturated rings. The summed E-state index contributed by atoms with van der Waals surface area (Å²) in [4.78, 5) is 0. The average molecular weight is 583 g/mol. The molecule has 2 nitrogen and oxygen atoms in total. The first kappa shape index (κ1) is 30.4. The van der Waals surface area contributed by atoms with Crippen molar-refractivity contribution in [2.24, 2.45) is 17.8 Å². The van der Waals surface area contributed by atoms with E-state index in [-0.39, 0.29) is 54.0 Å². The predicted molar refractivity (Wildman–Crippen MR) is 129 cm³/mol. The van der Waals surface area contributed by atoms with Crippen LogP contribution >= 0.6 is 0 Å². The highest BCUT2D eigenvalue weighted by Crippen LogP contribution is 2.48. The van der Waals surface area contributed by atoms with Crippen LogP contribution < -0.4 is 9.47 Å². The molecule has 0 unspecified atom stereocenters. The second-order valence-electron chi connectivity index (χ2n) is 10.8. The summed E-state index contributed by atoms with van der Waals surface area (Å²) in [6.07, 6.45) is -4.89. The molecule has 2 aliphatic carbocycles. The Labute approximate surface area is 226 Å². The van der Waals surface area contributed by atoms with Gasteiger partial charge in [0.25, 0.3) is 0 Å². The summed E-state index contributed by atoms with van der Waals surface area (Å²) in [6, 6.07) is 2.64. The van der Waals surface area contributed by atoms with Gasteiger partial charge in [0.05, 0.1) is 12.5 Å². The van der Waals surface area contributed by atoms with Gasteiger partial charge in [0.1, 0.15) is 40.3 Å². The first-order valence-electron chi connectivity index (χ1n) is 13.5. The van der Waals surface area contributed by atoms with Gasteiger partial charge in [0.2, 0.25) is 0 Å². The third-order valence-electron chi connectivity index (χ3n) is 8.17. The molecule has 40 heavy (non-hydrogen) atoms. The molecule has 0 aliphatic heterocycles. The number of rotatable bonds is 8. The summed E-state index contributed by atoms with van der Waals surface area (Å²) < 4.78 is 135. The molecule has 4 rings (SSSR count). The zero-order valence-electron chi connectivity index (χ0n) is 21.9. The zero-order chi connectivity index (χ0) is 29.2. The molecule has 0 bridgehead atoms. The van der Waals surface area contributed by atoms with Crippen molar-refractivity contribution in [2.45, 2.75) is 82.9 Å². The molecule has 0 radical (unpaired) electrons. The van der Waals surface area contributed by atoms with Gasteiger partial charge in [-0.25, -0.2) is 17.6 Å². The molecule has 0 spiro atoms. The highest BCUT2D eigenvalue weighted by Gasteiger charge is 2.46. The Morgan fingerprint density at radius 1 is 0.675 bits per heavy atom. The lowest BCUT2D eigenvalue weighted by Crippen LogP contribution is -2.38. The van der Waals surface area contributed by atoms with Gasteiger partial charge >= 0.3 is 12.3 Å². The lowest BCUT2D eigenvalue weighted by atomic mass is 9.68. The minimum atomic E-state index is -5.32. The van der Waals surface area contributed by atoms with Crippen molar-refractivity contribution < 1.29 is 49.0 Å². The summed E-state index contributed by atoms with van der Waals surface area (Å²) in [7, 11) is 0. The number of halogens is 9. The number of ether oxygens (including phenoxy) is 2. The second kappa shape index (κ2) is 12.1. The van der Waals surface area contributed by atoms with E-state index in [0.29, 0.717) is 51.6 Å². The summed E-state index contributed by atoms with van der Waals surface area (Å²) in [5, 5.41) is 0. The number of hydrogen-bond donors (Lipinski definition) is 0. The fourth-order valence-electron chi connectivity index (χ4n) is 6.18. The summed E-state index contributed by atoms with van der Waals surface area (Å²) in [5.41, 5.74) is -2.11.